The Bertz CT molecular complexity index is 1520. The van der Waals surface area contributed by atoms with E-state index in [-0.39, 0.29) is 35.1 Å². The fourth-order valence-electron chi connectivity index (χ4n) is 5.05. The number of rotatable bonds is 1. The molecule has 0 spiro atoms. The molecule has 0 saturated carbocycles. The van der Waals surface area contributed by atoms with E-state index in [2.05, 4.69) is 15.0 Å². The zero-order valence-electron chi connectivity index (χ0n) is 18.3. The van der Waals surface area contributed by atoms with Gasteiger partial charge in [0.05, 0.1) is 35.2 Å². The molecule has 1 amide bonds. The van der Waals surface area contributed by atoms with E-state index in [1.54, 1.807) is 4.40 Å². The Balaban J connectivity index is 1.44. The van der Waals surface area contributed by atoms with Gasteiger partial charge in [-0.1, -0.05) is 6.92 Å². The molecule has 2 aliphatic rings. The Morgan fingerprint density at radius 2 is 2.00 bits per heavy atom. The molecule has 12 heteroatoms. The number of nitrogens with two attached hydrogens (primary N) is 1. The van der Waals surface area contributed by atoms with E-state index >= 15 is 4.39 Å². The van der Waals surface area contributed by atoms with Crippen LogP contribution in [0.5, 0.6) is 5.75 Å². The number of pyridine rings is 1. The normalized spacial score (nSPS) is 21.7. The van der Waals surface area contributed by atoms with Crippen LogP contribution in [0.3, 0.4) is 0 Å². The highest BCUT2D eigenvalue weighted by molar-refractivity contribution is 5.99. The van der Waals surface area contributed by atoms with E-state index in [9.17, 15) is 18.0 Å². The van der Waals surface area contributed by atoms with Crippen molar-refractivity contribution in [2.45, 2.75) is 31.7 Å². The van der Waals surface area contributed by atoms with Gasteiger partial charge < -0.3 is 15.4 Å². The number of alkyl halides is 3. The summed E-state index contributed by atoms with van der Waals surface area (Å²) in [5.74, 6) is -1.20. The molecule has 0 bridgehead atoms. The van der Waals surface area contributed by atoms with Crippen LogP contribution in [0.1, 0.15) is 41.0 Å². The highest BCUT2D eigenvalue weighted by Crippen LogP contribution is 2.47. The average molecular weight is 486 g/mol. The molecule has 1 unspecified atom stereocenters. The largest absolute Gasteiger partial charge is 0.487 e. The molecule has 0 radical (unpaired) electrons. The first kappa shape index (κ1) is 21.6. The van der Waals surface area contributed by atoms with Gasteiger partial charge in [0.15, 0.2) is 0 Å². The first-order chi connectivity index (χ1) is 16.6. The second kappa shape index (κ2) is 7.27. The molecule has 0 aliphatic carbocycles. The lowest BCUT2D eigenvalue weighted by atomic mass is 9.88. The van der Waals surface area contributed by atoms with Gasteiger partial charge in [0.25, 0.3) is 5.91 Å². The van der Waals surface area contributed by atoms with E-state index in [4.69, 9.17) is 10.5 Å². The summed E-state index contributed by atoms with van der Waals surface area (Å²) in [6.07, 6.45) is -0.557. The zero-order valence-corrected chi connectivity index (χ0v) is 18.3. The van der Waals surface area contributed by atoms with Crippen LogP contribution in [0.15, 0.2) is 36.9 Å². The van der Waals surface area contributed by atoms with E-state index < -0.39 is 35.7 Å². The van der Waals surface area contributed by atoms with Crippen LogP contribution in [0.25, 0.3) is 16.6 Å². The standard InChI is InChI=1S/C23H18F4N6O2/c1-10-2-18-20(12-6-30-19(23(25,26)27)5-17(12)35-18)32(8-10)22(34)11-3-15-14(4-13(11)24)31-21(28)16-7-29-9-33(15)16/h3-7,9-10,18,20H,2,8H2,1H3,(H2,28,31)/t10-,18?,20+/m1/s1. The van der Waals surface area contributed by atoms with Crippen LogP contribution < -0.4 is 10.5 Å². The molecule has 5 heterocycles. The van der Waals surface area contributed by atoms with Gasteiger partial charge >= 0.3 is 6.18 Å². The molecule has 1 fully saturated rings. The minimum atomic E-state index is -4.63. The number of anilines is 1. The smallest absolute Gasteiger partial charge is 0.433 e. The van der Waals surface area contributed by atoms with Gasteiger partial charge in [0.2, 0.25) is 0 Å². The number of aromatic nitrogens is 4. The van der Waals surface area contributed by atoms with Gasteiger partial charge in [-0.3, -0.25) is 14.2 Å². The summed E-state index contributed by atoms with van der Waals surface area (Å²) in [5.41, 5.74) is 6.24. The molecule has 8 nitrogen and oxygen atoms in total. The Hall–Kier alpha value is -3.96. The van der Waals surface area contributed by atoms with Gasteiger partial charge in [0, 0.05) is 30.4 Å². The predicted octanol–water partition coefficient (Wildman–Crippen LogP) is 4.00. The molecule has 1 aromatic carbocycles. The number of likely N-dealkylation sites (tertiary alicyclic amines) is 1. The van der Waals surface area contributed by atoms with Crippen molar-refractivity contribution in [3.8, 4) is 5.75 Å². The van der Waals surface area contributed by atoms with Crippen LogP contribution in [0, 0.1) is 11.7 Å². The summed E-state index contributed by atoms with van der Waals surface area (Å²) in [4.78, 5) is 27.0. The minimum Gasteiger partial charge on any atom is -0.487 e. The Morgan fingerprint density at radius 3 is 2.77 bits per heavy atom. The highest BCUT2D eigenvalue weighted by atomic mass is 19.4. The summed E-state index contributed by atoms with van der Waals surface area (Å²) in [7, 11) is 0. The number of hydrogen-bond donors (Lipinski definition) is 1. The third-order valence-electron chi connectivity index (χ3n) is 6.57. The number of hydrogen-bond acceptors (Lipinski definition) is 6. The summed E-state index contributed by atoms with van der Waals surface area (Å²) in [6.45, 7) is 2.18. The van der Waals surface area contributed by atoms with Crippen LogP contribution >= 0.6 is 0 Å². The van der Waals surface area contributed by atoms with Gasteiger partial charge in [-0.25, -0.2) is 14.4 Å². The first-order valence-electron chi connectivity index (χ1n) is 10.9. The number of benzene rings is 1. The monoisotopic (exact) mass is 486 g/mol. The maximum atomic E-state index is 15.2. The maximum Gasteiger partial charge on any atom is 0.433 e. The third-order valence-corrected chi connectivity index (χ3v) is 6.57. The van der Waals surface area contributed by atoms with E-state index in [1.165, 1.54) is 23.5 Å². The number of ether oxygens (including phenoxy) is 1. The Labute approximate surface area is 195 Å². The molecular weight excluding hydrogens is 468 g/mol. The topological polar surface area (TPSA) is 98.6 Å². The quantitative estimate of drug-likeness (QED) is 0.409. The van der Waals surface area contributed by atoms with Crippen molar-refractivity contribution < 1.29 is 27.1 Å². The Morgan fingerprint density at radius 1 is 1.20 bits per heavy atom. The van der Waals surface area contributed by atoms with Crippen LogP contribution in [0.4, 0.5) is 23.4 Å². The highest BCUT2D eigenvalue weighted by Gasteiger charge is 2.47. The summed E-state index contributed by atoms with van der Waals surface area (Å²) in [5, 5.41) is 0. The number of nitrogens with zero attached hydrogens (tertiary/aromatic N) is 5. The minimum absolute atomic E-state index is 0.0186. The van der Waals surface area contributed by atoms with Crippen LogP contribution in [0.2, 0.25) is 0 Å². The first-order valence-corrected chi connectivity index (χ1v) is 10.9. The number of fused-ring (bicyclic) bond motifs is 6. The second-order valence-electron chi connectivity index (χ2n) is 8.97. The van der Waals surface area contributed by atoms with Gasteiger partial charge in [-0.05, 0) is 18.4 Å². The molecular formula is C23H18F4N6O2. The lowest BCUT2D eigenvalue weighted by molar-refractivity contribution is -0.141. The van der Waals surface area contributed by atoms with Gasteiger partial charge in [-0.2, -0.15) is 13.2 Å². The van der Waals surface area contributed by atoms with Crippen molar-refractivity contribution in [1.82, 2.24) is 24.3 Å². The molecule has 2 aliphatic heterocycles. The zero-order chi connectivity index (χ0) is 24.6. The number of carbonyl (C=O) groups excluding carboxylic acids is 1. The summed E-state index contributed by atoms with van der Waals surface area (Å²) < 4.78 is 62.1. The van der Waals surface area contributed by atoms with E-state index in [0.717, 1.165) is 18.3 Å². The van der Waals surface area contributed by atoms with Crippen LogP contribution in [-0.2, 0) is 6.18 Å². The molecule has 3 aromatic heterocycles. The lowest BCUT2D eigenvalue weighted by Crippen LogP contribution is -2.47. The number of amides is 1. The van der Waals surface area contributed by atoms with E-state index in [0.29, 0.717) is 23.0 Å². The molecule has 180 valence electrons. The lowest BCUT2D eigenvalue weighted by Gasteiger charge is -2.39. The second-order valence-corrected chi connectivity index (χ2v) is 8.97. The van der Waals surface area contributed by atoms with Crippen molar-refractivity contribution in [2.24, 2.45) is 5.92 Å². The maximum absolute atomic E-state index is 15.2. The van der Waals surface area contributed by atoms with Gasteiger partial charge in [0.1, 0.15) is 34.7 Å². The predicted molar refractivity (Wildman–Crippen MR) is 116 cm³/mol. The molecule has 35 heavy (non-hydrogen) atoms. The van der Waals surface area contributed by atoms with Crippen molar-refractivity contribution >= 4 is 28.3 Å². The van der Waals surface area contributed by atoms with Crippen molar-refractivity contribution in [3.63, 3.8) is 0 Å². The Kier molecular flexibility index (Phi) is 4.48. The van der Waals surface area contributed by atoms with Gasteiger partial charge in [-0.15, -0.1) is 0 Å². The van der Waals surface area contributed by atoms with Crippen LogP contribution in [-0.4, -0.2) is 42.8 Å². The van der Waals surface area contributed by atoms with Crippen molar-refractivity contribution in [2.75, 3.05) is 12.3 Å². The molecule has 1 saturated heterocycles. The molecule has 2 N–H and O–H groups in total. The molecule has 4 aromatic rings. The number of nitrogen functional groups attached to an aromatic ring is 1. The number of carbonyl (C=O) groups is 1. The number of halogens is 4. The number of piperidine rings is 1. The molecule has 3 atom stereocenters. The average Bonchev–Trinajstić information content (AvgIpc) is 3.42. The third kappa shape index (κ3) is 3.27. The summed E-state index contributed by atoms with van der Waals surface area (Å²) in [6, 6.07) is 2.70. The molecule has 6 rings (SSSR count). The summed E-state index contributed by atoms with van der Waals surface area (Å²) >= 11 is 0. The fourth-order valence-corrected chi connectivity index (χ4v) is 5.05. The van der Waals surface area contributed by atoms with Crippen molar-refractivity contribution in [1.29, 1.82) is 0 Å². The SMILES string of the molecule is C[C@@H]1CC2Oc3cc(C(F)(F)F)ncc3[C@@H]2N(C(=O)c2cc3c(cc2F)nc(N)c2cncn23)C1. The fraction of sp³-hybridized carbons (Fsp3) is 0.304. The van der Waals surface area contributed by atoms with Crippen molar-refractivity contribution in [3.05, 3.63) is 59.6 Å². The van der Waals surface area contributed by atoms with E-state index in [1.807, 2.05) is 6.92 Å². The number of imidazole rings is 1.